The highest BCUT2D eigenvalue weighted by molar-refractivity contribution is 7.09. The van der Waals surface area contributed by atoms with Gasteiger partial charge in [-0.05, 0) is 13.5 Å². The predicted molar refractivity (Wildman–Crippen MR) is 77.3 cm³/mol. The van der Waals surface area contributed by atoms with E-state index in [4.69, 9.17) is 0 Å². The summed E-state index contributed by atoms with van der Waals surface area (Å²) in [5.41, 5.74) is 1.09. The van der Waals surface area contributed by atoms with Crippen LogP contribution in [0, 0.1) is 0 Å². The van der Waals surface area contributed by atoms with Crippen LogP contribution in [0.5, 0.6) is 0 Å². The van der Waals surface area contributed by atoms with Crippen LogP contribution < -0.4 is 5.32 Å². The van der Waals surface area contributed by atoms with Crippen LogP contribution in [0.3, 0.4) is 0 Å². The van der Waals surface area contributed by atoms with Crippen molar-refractivity contribution < 1.29 is 4.79 Å². The lowest BCUT2D eigenvalue weighted by atomic mass is 10.3. The average molecular weight is 282 g/mol. The van der Waals surface area contributed by atoms with Crippen molar-refractivity contribution in [1.29, 1.82) is 0 Å². The maximum atomic E-state index is 11.6. The molecule has 0 spiro atoms. The number of hydrogen-bond donors (Lipinski definition) is 1. The van der Waals surface area contributed by atoms with E-state index in [0.717, 1.165) is 30.3 Å². The Kier molecular flexibility index (Phi) is 4.90. The molecule has 1 saturated heterocycles. The second kappa shape index (κ2) is 6.45. The quantitative estimate of drug-likeness (QED) is 0.858. The summed E-state index contributed by atoms with van der Waals surface area (Å²) in [5, 5.41) is 6.30. The lowest BCUT2D eigenvalue weighted by Gasteiger charge is -2.14. The SMILES string of the molecule is CNC1CCN(Cc2csc(CC(=O)N(C)C)n2)C1. The molecule has 2 heterocycles. The van der Waals surface area contributed by atoms with Crippen LogP contribution in [-0.2, 0) is 17.8 Å². The summed E-state index contributed by atoms with van der Waals surface area (Å²) in [4.78, 5) is 20.2. The molecule has 1 aromatic rings. The fourth-order valence-corrected chi connectivity index (χ4v) is 3.01. The van der Waals surface area contributed by atoms with Crippen LogP contribution in [0.25, 0.3) is 0 Å². The van der Waals surface area contributed by atoms with Gasteiger partial charge in [0.15, 0.2) is 0 Å². The molecule has 0 aromatic carbocycles. The first-order chi connectivity index (χ1) is 9.08. The van der Waals surface area contributed by atoms with Gasteiger partial charge in [0.2, 0.25) is 5.91 Å². The average Bonchev–Trinajstić information content (AvgIpc) is 2.99. The van der Waals surface area contributed by atoms with Crippen LogP contribution in [-0.4, -0.2) is 61.0 Å². The monoisotopic (exact) mass is 282 g/mol. The number of nitrogens with zero attached hydrogens (tertiary/aromatic N) is 3. The second-order valence-corrected chi connectivity index (χ2v) is 6.15. The van der Waals surface area contributed by atoms with E-state index in [2.05, 4.69) is 20.6 Å². The first-order valence-corrected chi connectivity index (χ1v) is 7.49. The fourth-order valence-electron chi connectivity index (χ4n) is 2.23. The molecule has 19 heavy (non-hydrogen) atoms. The van der Waals surface area contributed by atoms with E-state index in [1.165, 1.54) is 6.42 Å². The van der Waals surface area contributed by atoms with Crippen LogP contribution in [0.15, 0.2) is 5.38 Å². The van der Waals surface area contributed by atoms with E-state index in [9.17, 15) is 4.79 Å². The lowest BCUT2D eigenvalue weighted by Crippen LogP contribution is -2.29. The highest BCUT2D eigenvalue weighted by Crippen LogP contribution is 2.16. The number of rotatable bonds is 5. The summed E-state index contributed by atoms with van der Waals surface area (Å²) >= 11 is 1.58. The number of carbonyl (C=O) groups is 1. The number of hydrogen-bond acceptors (Lipinski definition) is 5. The molecule has 1 unspecified atom stereocenters. The molecular formula is C13H22N4OS. The zero-order chi connectivity index (χ0) is 13.8. The standard InChI is InChI=1S/C13H22N4OS/c1-14-10-4-5-17(7-10)8-11-9-19-12(15-11)6-13(18)16(2)3/h9-10,14H,4-8H2,1-3H3. The Labute approximate surface area is 118 Å². The predicted octanol–water partition coefficient (Wildman–Crippen LogP) is 0.567. The van der Waals surface area contributed by atoms with E-state index in [-0.39, 0.29) is 5.91 Å². The maximum Gasteiger partial charge on any atom is 0.228 e. The smallest absolute Gasteiger partial charge is 0.228 e. The minimum Gasteiger partial charge on any atom is -0.348 e. The topological polar surface area (TPSA) is 48.5 Å². The Morgan fingerprint density at radius 3 is 3.05 bits per heavy atom. The summed E-state index contributed by atoms with van der Waals surface area (Å²) in [7, 11) is 5.57. The third kappa shape index (κ3) is 3.99. The van der Waals surface area contributed by atoms with Crippen molar-refractivity contribution in [3.63, 3.8) is 0 Å². The molecule has 1 aliphatic heterocycles. The van der Waals surface area contributed by atoms with Crippen molar-refractivity contribution in [2.24, 2.45) is 0 Å². The van der Waals surface area contributed by atoms with Gasteiger partial charge in [0.05, 0.1) is 12.1 Å². The van der Waals surface area contributed by atoms with E-state index in [1.54, 1.807) is 30.3 Å². The Morgan fingerprint density at radius 1 is 1.63 bits per heavy atom. The van der Waals surface area contributed by atoms with E-state index >= 15 is 0 Å². The molecule has 6 heteroatoms. The number of aromatic nitrogens is 1. The first kappa shape index (κ1) is 14.4. The number of likely N-dealkylation sites (tertiary alicyclic amines) is 1. The van der Waals surface area contributed by atoms with Gasteiger partial charge in [-0.2, -0.15) is 0 Å². The zero-order valence-corrected chi connectivity index (χ0v) is 12.7. The van der Waals surface area contributed by atoms with Gasteiger partial charge >= 0.3 is 0 Å². The van der Waals surface area contributed by atoms with Crippen molar-refractivity contribution >= 4 is 17.2 Å². The van der Waals surface area contributed by atoms with E-state index in [0.29, 0.717) is 12.5 Å². The van der Waals surface area contributed by atoms with Crippen molar-refractivity contribution in [3.8, 4) is 0 Å². The van der Waals surface area contributed by atoms with Gasteiger partial charge in [-0.15, -0.1) is 11.3 Å². The Balaban J connectivity index is 1.86. The highest BCUT2D eigenvalue weighted by atomic mass is 32.1. The molecule has 106 valence electrons. The number of amides is 1. The number of likely N-dealkylation sites (N-methyl/N-ethyl adjacent to an activating group) is 2. The molecule has 1 aliphatic rings. The molecule has 0 saturated carbocycles. The van der Waals surface area contributed by atoms with Gasteiger partial charge in [-0.3, -0.25) is 9.69 Å². The fraction of sp³-hybridized carbons (Fsp3) is 0.692. The number of nitrogens with one attached hydrogen (secondary N) is 1. The highest BCUT2D eigenvalue weighted by Gasteiger charge is 2.21. The third-order valence-corrected chi connectivity index (χ3v) is 4.36. The van der Waals surface area contributed by atoms with Crippen molar-refractivity contribution in [2.45, 2.75) is 25.4 Å². The van der Waals surface area contributed by atoms with Gasteiger partial charge in [-0.1, -0.05) is 0 Å². The lowest BCUT2D eigenvalue weighted by molar-refractivity contribution is -0.127. The normalized spacial score (nSPS) is 19.8. The van der Waals surface area contributed by atoms with Crippen molar-refractivity contribution in [3.05, 3.63) is 16.1 Å². The first-order valence-electron chi connectivity index (χ1n) is 6.61. The molecular weight excluding hydrogens is 260 g/mol. The molecule has 1 amide bonds. The van der Waals surface area contributed by atoms with Gasteiger partial charge < -0.3 is 10.2 Å². The van der Waals surface area contributed by atoms with Crippen molar-refractivity contribution in [2.75, 3.05) is 34.2 Å². The van der Waals surface area contributed by atoms with Gasteiger partial charge in [0.1, 0.15) is 5.01 Å². The summed E-state index contributed by atoms with van der Waals surface area (Å²) < 4.78 is 0. The van der Waals surface area contributed by atoms with Crippen LogP contribution in [0.4, 0.5) is 0 Å². The van der Waals surface area contributed by atoms with Gasteiger partial charge in [0, 0.05) is 45.2 Å². The second-order valence-electron chi connectivity index (χ2n) is 5.21. The number of thiazole rings is 1. The van der Waals surface area contributed by atoms with Gasteiger partial charge in [0.25, 0.3) is 0 Å². The van der Waals surface area contributed by atoms with Gasteiger partial charge in [-0.25, -0.2) is 4.98 Å². The molecule has 5 nitrogen and oxygen atoms in total. The number of carbonyl (C=O) groups excluding carboxylic acids is 1. The maximum absolute atomic E-state index is 11.6. The molecule has 1 aromatic heterocycles. The Hall–Kier alpha value is -0.980. The summed E-state index contributed by atoms with van der Waals surface area (Å²) in [6, 6.07) is 0.605. The Morgan fingerprint density at radius 2 is 2.42 bits per heavy atom. The molecule has 1 N–H and O–H groups in total. The molecule has 0 radical (unpaired) electrons. The van der Waals surface area contributed by atoms with Crippen LogP contribution in [0.2, 0.25) is 0 Å². The molecule has 2 rings (SSSR count). The largest absolute Gasteiger partial charge is 0.348 e. The van der Waals surface area contributed by atoms with E-state index in [1.807, 2.05) is 7.05 Å². The van der Waals surface area contributed by atoms with E-state index < -0.39 is 0 Å². The zero-order valence-electron chi connectivity index (χ0n) is 11.8. The summed E-state index contributed by atoms with van der Waals surface area (Å²) in [6.07, 6.45) is 1.61. The summed E-state index contributed by atoms with van der Waals surface area (Å²) in [5.74, 6) is 0.109. The molecule has 0 aliphatic carbocycles. The van der Waals surface area contributed by atoms with Crippen LogP contribution in [0.1, 0.15) is 17.1 Å². The minimum atomic E-state index is 0.109. The Bertz CT molecular complexity index is 432. The van der Waals surface area contributed by atoms with Crippen molar-refractivity contribution in [1.82, 2.24) is 20.1 Å². The third-order valence-electron chi connectivity index (χ3n) is 3.47. The summed E-state index contributed by atoms with van der Waals surface area (Å²) in [6.45, 7) is 3.10. The molecule has 1 atom stereocenters. The molecule has 1 fully saturated rings. The van der Waals surface area contributed by atoms with Crippen LogP contribution >= 0.6 is 11.3 Å². The minimum absolute atomic E-state index is 0.109. The molecule has 0 bridgehead atoms.